The van der Waals surface area contributed by atoms with Crippen LogP contribution in [0.4, 0.5) is 0 Å². The predicted octanol–water partition coefficient (Wildman–Crippen LogP) is 5.90. The van der Waals surface area contributed by atoms with Gasteiger partial charge in [-0.2, -0.15) is 0 Å². The molecule has 1 fully saturated rings. The van der Waals surface area contributed by atoms with E-state index in [9.17, 15) is 9.90 Å². The van der Waals surface area contributed by atoms with E-state index in [-0.39, 0.29) is 12.5 Å². The average molecular weight is 509 g/mol. The first kappa shape index (κ1) is 24.5. The summed E-state index contributed by atoms with van der Waals surface area (Å²) in [5.41, 5.74) is 4.49. The predicted molar refractivity (Wildman–Crippen MR) is 149 cm³/mol. The van der Waals surface area contributed by atoms with E-state index >= 15 is 0 Å². The molecule has 2 aliphatic rings. The van der Waals surface area contributed by atoms with Crippen LogP contribution in [0.3, 0.4) is 0 Å². The van der Waals surface area contributed by atoms with E-state index in [4.69, 9.17) is 9.47 Å². The van der Waals surface area contributed by atoms with E-state index in [0.29, 0.717) is 18.9 Å². The zero-order chi connectivity index (χ0) is 25.9. The highest BCUT2D eigenvalue weighted by Gasteiger charge is 2.21. The third kappa shape index (κ3) is 5.10. The molecule has 1 amide bonds. The lowest BCUT2D eigenvalue weighted by Gasteiger charge is -2.26. The number of hydrogen-bond acceptors (Lipinski definition) is 5. The molecule has 0 aromatic heterocycles. The fourth-order valence-corrected chi connectivity index (χ4v) is 5.38. The molecule has 2 N–H and O–H groups in total. The molecule has 0 saturated carbocycles. The van der Waals surface area contributed by atoms with Gasteiger partial charge in [-0.25, -0.2) is 0 Å². The minimum Gasteiger partial charge on any atom is -0.492 e. The van der Waals surface area contributed by atoms with Gasteiger partial charge in [0.05, 0.1) is 6.61 Å². The van der Waals surface area contributed by atoms with Crippen LogP contribution in [0.5, 0.6) is 17.2 Å². The molecule has 0 unspecified atom stereocenters. The van der Waals surface area contributed by atoms with Gasteiger partial charge in [-0.1, -0.05) is 30.7 Å². The van der Waals surface area contributed by atoms with Crippen LogP contribution in [-0.2, 0) is 13.2 Å². The Bertz CT molecular complexity index is 1460. The van der Waals surface area contributed by atoms with E-state index in [1.165, 1.54) is 32.4 Å². The number of aliphatic hydroxyl groups is 1. The summed E-state index contributed by atoms with van der Waals surface area (Å²) in [7, 11) is 0. The largest absolute Gasteiger partial charge is 0.492 e. The number of carbonyl (C=O) groups is 1. The van der Waals surface area contributed by atoms with E-state index < -0.39 is 0 Å². The molecule has 6 heteroatoms. The minimum absolute atomic E-state index is 0.0149. The Labute approximate surface area is 222 Å². The number of aliphatic hydroxyl groups excluding tert-OH is 1. The number of likely N-dealkylation sites (tertiary alicyclic amines) is 1. The third-order valence-electron chi connectivity index (χ3n) is 7.49. The molecule has 4 aromatic carbocycles. The van der Waals surface area contributed by atoms with Gasteiger partial charge in [0.2, 0.25) is 0 Å². The molecule has 2 heterocycles. The Balaban J connectivity index is 1.27. The van der Waals surface area contributed by atoms with Crippen LogP contribution in [0.15, 0.2) is 72.8 Å². The summed E-state index contributed by atoms with van der Waals surface area (Å²) < 4.78 is 12.5. The topological polar surface area (TPSA) is 71.0 Å². The lowest BCUT2D eigenvalue weighted by molar-refractivity contribution is 0.0965. The molecule has 2 aliphatic heterocycles. The number of piperidine rings is 1. The van der Waals surface area contributed by atoms with Gasteiger partial charge in [0.1, 0.15) is 23.9 Å². The smallest absolute Gasteiger partial charge is 0.251 e. The van der Waals surface area contributed by atoms with Gasteiger partial charge in [-0.15, -0.1) is 0 Å². The van der Waals surface area contributed by atoms with Crippen LogP contribution in [0.1, 0.15) is 40.7 Å². The van der Waals surface area contributed by atoms with Crippen molar-refractivity contribution in [2.75, 3.05) is 26.2 Å². The minimum atomic E-state index is -0.0312. The molecule has 0 radical (unpaired) electrons. The van der Waals surface area contributed by atoms with Gasteiger partial charge in [0.25, 0.3) is 5.91 Å². The maximum absolute atomic E-state index is 12.1. The lowest BCUT2D eigenvalue weighted by Crippen LogP contribution is -2.33. The van der Waals surface area contributed by atoms with Crippen LogP contribution in [0, 0.1) is 0 Å². The molecule has 194 valence electrons. The highest BCUT2D eigenvalue weighted by Crippen LogP contribution is 2.41. The molecule has 0 bridgehead atoms. The number of benzene rings is 4. The summed E-state index contributed by atoms with van der Waals surface area (Å²) in [6.07, 6.45) is 3.90. The van der Waals surface area contributed by atoms with Crippen molar-refractivity contribution in [2.45, 2.75) is 32.4 Å². The van der Waals surface area contributed by atoms with Crippen molar-refractivity contribution >= 4 is 16.7 Å². The molecule has 0 atom stereocenters. The van der Waals surface area contributed by atoms with E-state index in [1.54, 1.807) is 0 Å². The highest BCUT2D eigenvalue weighted by molar-refractivity contribution is 6.00. The van der Waals surface area contributed by atoms with Gasteiger partial charge in [0.15, 0.2) is 0 Å². The first-order valence-corrected chi connectivity index (χ1v) is 13.4. The van der Waals surface area contributed by atoms with E-state index in [0.717, 1.165) is 56.6 Å². The quantitative estimate of drug-likeness (QED) is 0.310. The third-order valence-corrected chi connectivity index (χ3v) is 7.49. The Morgan fingerprint density at radius 2 is 1.63 bits per heavy atom. The van der Waals surface area contributed by atoms with E-state index in [1.807, 2.05) is 66.7 Å². The van der Waals surface area contributed by atoms with Crippen LogP contribution in [0.25, 0.3) is 21.9 Å². The van der Waals surface area contributed by atoms with Crippen LogP contribution in [0.2, 0.25) is 0 Å². The Kier molecular flexibility index (Phi) is 6.99. The van der Waals surface area contributed by atoms with Crippen molar-refractivity contribution < 1.29 is 19.4 Å². The van der Waals surface area contributed by atoms with E-state index in [2.05, 4.69) is 16.3 Å². The maximum atomic E-state index is 12.1. The number of nitrogens with one attached hydrogen (secondary N) is 1. The fraction of sp³-hybridized carbons (Fsp3) is 0.281. The van der Waals surface area contributed by atoms with Crippen molar-refractivity contribution in [1.29, 1.82) is 0 Å². The number of fused-ring (bicyclic) bond motifs is 2. The van der Waals surface area contributed by atoms with Crippen molar-refractivity contribution in [3.8, 4) is 28.4 Å². The maximum Gasteiger partial charge on any atom is 0.251 e. The number of ether oxygens (including phenoxy) is 2. The summed E-state index contributed by atoms with van der Waals surface area (Å²) in [4.78, 5) is 14.5. The Hall–Kier alpha value is -3.87. The molecule has 6 rings (SSSR count). The standard InChI is InChI=1S/C32H32N2O4/c35-21-22-4-11-28-23(18-22)5-12-29(24-6-13-30-25(19-24)20-33-32(30)36)31(28)38-27-9-7-26(8-10-27)37-17-16-34-14-2-1-3-15-34/h4-13,18-19,35H,1-3,14-17,20-21H2,(H,33,36). The van der Waals surface area contributed by atoms with Gasteiger partial charge < -0.3 is 19.9 Å². The summed E-state index contributed by atoms with van der Waals surface area (Å²) in [6.45, 7) is 4.48. The second kappa shape index (κ2) is 10.9. The molecule has 38 heavy (non-hydrogen) atoms. The molecule has 4 aromatic rings. The summed E-state index contributed by atoms with van der Waals surface area (Å²) in [6, 6.07) is 23.7. The van der Waals surface area contributed by atoms with Gasteiger partial charge in [-0.3, -0.25) is 9.69 Å². The van der Waals surface area contributed by atoms with Crippen molar-refractivity contribution in [2.24, 2.45) is 0 Å². The monoisotopic (exact) mass is 508 g/mol. The molecule has 0 spiro atoms. The summed E-state index contributed by atoms with van der Waals surface area (Å²) in [5, 5.41) is 14.5. The number of rotatable bonds is 8. The molecule has 1 saturated heterocycles. The van der Waals surface area contributed by atoms with Crippen LogP contribution >= 0.6 is 0 Å². The van der Waals surface area contributed by atoms with Gasteiger partial charge >= 0.3 is 0 Å². The fourth-order valence-electron chi connectivity index (χ4n) is 5.38. The average Bonchev–Trinajstić information content (AvgIpc) is 3.34. The molecular weight excluding hydrogens is 476 g/mol. The summed E-state index contributed by atoms with van der Waals surface area (Å²) in [5.74, 6) is 2.25. The Morgan fingerprint density at radius 3 is 2.45 bits per heavy atom. The van der Waals surface area contributed by atoms with Crippen molar-refractivity contribution in [3.63, 3.8) is 0 Å². The molecular formula is C32H32N2O4. The number of nitrogens with zero attached hydrogens (tertiary/aromatic N) is 1. The van der Waals surface area contributed by atoms with Crippen LogP contribution in [-0.4, -0.2) is 42.2 Å². The van der Waals surface area contributed by atoms with Crippen molar-refractivity contribution in [3.05, 3.63) is 89.5 Å². The number of carbonyl (C=O) groups excluding carboxylic acids is 1. The van der Waals surface area contributed by atoms with Crippen molar-refractivity contribution in [1.82, 2.24) is 10.2 Å². The SMILES string of the molecule is O=C1NCc2cc(-c3ccc4cc(CO)ccc4c3Oc3ccc(OCCN4CCCCC4)cc3)ccc21. The van der Waals surface area contributed by atoms with Crippen LogP contribution < -0.4 is 14.8 Å². The number of amides is 1. The Morgan fingerprint density at radius 1 is 0.842 bits per heavy atom. The second-order valence-electron chi connectivity index (χ2n) is 10.0. The van der Waals surface area contributed by atoms with Gasteiger partial charge in [0, 0.05) is 29.6 Å². The summed E-state index contributed by atoms with van der Waals surface area (Å²) >= 11 is 0. The normalized spacial score (nSPS) is 15.3. The zero-order valence-corrected chi connectivity index (χ0v) is 21.4. The first-order chi connectivity index (χ1) is 18.7. The zero-order valence-electron chi connectivity index (χ0n) is 21.4. The lowest BCUT2D eigenvalue weighted by atomic mass is 9.96. The highest BCUT2D eigenvalue weighted by atomic mass is 16.5. The second-order valence-corrected chi connectivity index (χ2v) is 10.0. The molecule has 0 aliphatic carbocycles. The number of hydrogen-bond donors (Lipinski definition) is 2. The first-order valence-electron chi connectivity index (χ1n) is 13.4. The molecule has 6 nitrogen and oxygen atoms in total. The van der Waals surface area contributed by atoms with Gasteiger partial charge in [-0.05, 0) is 96.5 Å².